The highest BCUT2D eigenvalue weighted by Gasteiger charge is 2.48. The zero-order valence-electron chi connectivity index (χ0n) is 14.6. The van der Waals surface area contributed by atoms with Crippen molar-refractivity contribution in [2.75, 3.05) is 7.11 Å². The summed E-state index contributed by atoms with van der Waals surface area (Å²) >= 11 is 0. The summed E-state index contributed by atoms with van der Waals surface area (Å²) < 4.78 is 37.0. The zero-order chi connectivity index (χ0) is 18.9. The molecule has 1 aliphatic heterocycles. The normalized spacial score (nSPS) is 23.5. The molecule has 0 radical (unpaired) electrons. The Kier molecular flexibility index (Phi) is 5.31. The summed E-state index contributed by atoms with van der Waals surface area (Å²) in [6.07, 6.45) is -0.652. The van der Waals surface area contributed by atoms with Gasteiger partial charge in [-0.1, -0.05) is 6.07 Å². The van der Waals surface area contributed by atoms with Gasteiger partial charge in [-0.3, -0.25) is 4.90 Å². The van der Waals surface area contributed by atoms with Crippen LogP contribution in [0.5, 0.6) is 0 Å². The average molecular weight is 356 g/mol. The first-order chi connectivity index (χ1) is 11.5. The molecule has 1 aromatic rings. The van der Waals surface area contributed by atoms with Crippen molar-refractivity contribution in [3.8, 4) is 0 Å². The number of halogens is 2. The first-order valence-electron chi connectivity index (χ1n) is 7.85. The van der Waals surface area contributed by atoms with E-state index in [1.165, 1.54) is 13.2 Å². The van der Waals surface area contributed by atoms with Crippen LogP contribution in [-0.4, -0.2) is 41.8 Å². The number of methoxy groups -OCH3 is 1. The number of likely N-dealkylation sites (tertiary alicyclic amines) is 1. The summed E-state index contributed by atoms with van der Waals surface area (Å²) in [6, 6.07) is 0.788. The van der Waals surface area contributed by atoms with E-state index in [2.05, 4.69) is 0 Å². The first-order valence-corrected chi connectivity index (χ1v) is 7.85. The highest BCUT2D eigenvalue weighted by atomic mass is 19.2. The minimum atomic E-state index is -1.06. The molecule has 1 amide bonds. The molecule has 138 valence electrons. The Morgan fingerprint density at radius 1 is 1.24 bits per heavy atom. The quantitative estimate of drug-likeness (QED) is 0.824. The molecule has 2 rings (SSSR count). The van der Waals surface area contributed by atoms with Gasteiger partial charge in [-0.25, -0.2) is 18.4 Å². The molecule has 3 atom stereocenters. The molecule has 1 saturated heterocycles. The number of carbonyl (C=O) groups excluding carboxylic acids is 2. The maximum absolute atomic E-state index is 13.6. The molecule has 0 spiro atoms. The largest absolute Gasteiger partial charge is 0.467 e. The standard InChI is InChI=1S/C17H22F2N2O4/c1-17(2,3)25-16(23)21-13(15(22)24-4)8-12(20)14(21)9-5-6-10(18)11(19)7-9/h5-7,12-14H,8,20H2,1-4H3/t12-,13+,14+/m1/s1. The minimum absolute atomic E-state index is 0.121. The molecule has 0 unspecified atom stereocenters. The van der Waals surface area contributed by atoms with Crippen molar-refractivity contribution in [1.29, 1.82) is 0 Å². The molecule has 1 aliphatic rings. The molecular weight excluding hydrogens is 334 g/mol. The number of benzene rings is 1. The van der Waals surface area contributed by atoms with E-state index in [0.717, 1.165) is 17.0 Å². The van der Waals surface area contributed by atoms with Crippen molar-refractivity contribution in [2.24, 2.45) is 5.73 Å². The van der Waals surface area contributed by atoms with Crippen LogP contribution in [0.1, 0.15) is 38.8 Å². The predicted octanol–water partition coefficient (Wildman–Crippen LogP) is 2.52. The molecule has 1 heterocycles. The summed E-state index contributed by atoms with van der Waals surface area (Å²) in [5, 5.41) is 0. The van der Waals surface area contributed by atoms with Gasteiger partial charge in [0, 0.05) is 6.04 Å². The van der Waals surface area contributed by atoms with Gasteiger partial charge in [0.2, 0.25) is 0 Å². The first kappa shape index (κ1) is 19.1. The number of hydrogen-bond acceptors (Lipinski definition) is 5. The smallest absolute Gasteiger partial charge is 0.411 e. The van der Waals surface area contributed by atoms with Gasteiger partial charge in [0.05, 0.1) is 13.2 Å². The second-order valence-electron chi connectivity index (χ2n) is 6.94. The Labute approximate surface area is 144 Å². The fourth-order valence-electron chi connectivity index (χ4n) is 2.91. The number of nitrogens with zero attached hydrogens (tertiary/aromatic N) is 1. The van der Waals surface area contributed by atoms with Gasteiger partial charge in [0.15, 0.2) is 11.6 Å². The van der Waals surface area contributed by atoms with E-state index in [1.807, 2.05) is 0 Å². The molecular formula is C17H22F2N2O4. The molecule has 6 nitrogen and oxygen atoms in total. The fraction of sp³-hybridized carbons (Fsp3) is 0.529. The van der Waals surface area contributed by atoms with Crippen LogP contribution in [0.15, 0.2) is 18.2 Å². The van der Waals surface area contributed by atoms with Gasteiger partial charge in [-0.2, -0.15) is 0 Å². The summed E-state index contributed by atoms with van der Waals surface area (Å²) in [4.78, 5) is 25.9. The Morgan fingerprint density at radius 2 is 1.88 bits per heavy atom. The van der Waals surface area contributed by atoms with Crippen molar-refractivity contribution in [3.63, 3.8) is 0 Å². The zero-order valence-corrected chi connectivity index (χ0v) is 14.6. The van der Waals surface area contributed by atoms with Crippen LogP contribution in [-0.2, 0) is 14.3 Å². The maximum Gasteiger partial charge on any atom is 0.411 e. The third-order valence-electron chi connectivity index (χ3n) is 3.90. The van der Waals surface area contributed by atoms with E-state index in [1.54, 1.807) is 20.8 Å². The topological polar surface area (TPSA) is 81.9 Å². The molecule has 0 bridgehead atoms. The van der Waals surface area contributed by atoms with Gasteiger partial charge >= 0.3 is 12.1 Å². The number of rotatable bonds is 2. The highest BCUT2D eigenvalue weighted by molar-refractivity contribution is 5.83. The lowest BCUT2D eigenvalue weighted by molar-refractivity contribution is -0.146. The Morgan fingerprint density at radius 3 is 2.40 bits per heavy atom. The van der Waals surface area contributed by atoms with Gasteiger partial charge in [-0.05, 0) is 44.9 Å². The molecule has 0 saturated carbocycles. The van der Waals surface area contributed by atoms with Crippen LogP contribution in [0.4, 0.5) is 13.6 Å². The second kappa shape index (κ2) is 6.95. The van der Waals surface area contributed by atoms with E-state index in [4.69, 9.17) is 15.2 Å². The molecule has 25 heavy (non-hydrogen) atoms. The van der Waals surface area contributed by atoms with E-state index in [-0.39, 0.29) is 12.0 Å². The SMILES string of the molecule is COC(=O)[C@@H]1C[C@@H](N)[C@H](c2ccc(F)c(F)c2)N1C(=O)OC(C)(C)C. The van der Waals surface area contributed by atoms with E-state index < -0.39 is 47.4 Å². The van der Waals surface area contributed by atoms with Crippen molar-refractivity contribution < 1.29 is 27.8 Å². The molecule has 1 aromatic carbocycles. The number of esters is 1. The van der Waals surface area contributed by atoms with Crippen LogP contribution >= 0.6 is 0 Å². The van der Waals surface area contributed by atoms with Crippen LogP contribution in [0.3, 0.4) is 0 Å². The maximum atomic E-state index is 13.6. The number of ether oxygens (including phenoxy) is 2. The minimum Gasteiger partial charge on any atom is -0.467 e. The van der Waals surface area contributed by atoms with Crippen molar-refractivity contribution in [1.82, 2.24) is 4.90 Å². The monoisotopic (exact) mass is 356 g/mol. The lowest BCUT2D eigenvalue weighted by Gasteiger charge is -2.32. The Bertz CT molecular complexity index is 675. The summed E-state index contributed by atoms with van der Waals surface area (Å²) in [5.41, 5.74) is 5.58. The van der Waals surface area contributed by atoms with E-state index in [9.17, 15) is 18.4 Å². The Balaban J connectivity index is 2.45. The van der Waals surface area contributed by atoms with Gasteiger partial charge in [-0.15, -0.1) is 0 Å². The van der Waals surface area contributed by atoms with E-state index in [0.29, 0.717) is 0 Å². The van der Waals surface area contributed by atoms with Crippen molar-refractivity contribution >= 4 is 12.1 Å². The van der Waals surface area contributed by atoms with Crippen molar-refractivity contribution in [2.45, 2.75) is 50.9 Å². The summed E-state index contributed by atoms with van der Waals surface area (Å²) in [6.45, 7) is 5.04. The van der Waals surface area contributed by atoms with Gasteiger partial charge in [0.25, 0.3) is 0 Å². The second-order valence-corrected chi connectivity index (χ2v) is 6.94. The van der Waals surface area contributed by atoms with Gasteiger partial charge < -0.3 is 15.2 Å². The number of nitrogens with two attached hydrogens (primary N) is 1. The highest BCUT2D eigenvalue weighted by Crippen LogP contribution is 2.37. The number of carbonyl (C=O) groups is 2. The molecule has 0 aliphatic carbocycles. The summed E-state index contributed by atoms with van der Waals surface area (Å²) in [7, 11) is 1.20. The van der Waals surface area contributed by atoms with Crippen LogP contribution in [0.25, 0.3) is 0 Å². The molecule has 8 heteroatoms. The van der Waals surface area contributed by atoms with Crippen molar-refractivity contribution in [3.05, 3.63) is 35.4 Å². The fourth-order valence-corrected chi connectivity index (χ4v) is 2.91. The predicted molar refractivity (Wildman–Crippen MR) is 85.6 cm³/mol. The Hall–Kier alpha value is -2.22. The van der Waals surface area contributed by atoms with Gasteiger partial charge in [0.1, 0.15) is 11.6 Å². The lowest BCUT2D eigenvalue weighted by Crippen LogP contribution is -2.45. The third kappa shape index (κ3) is 4.07. The summed E-state index contributed by atoms with van der Waals surface area (Å²) in [5.74, 6) is -2.72. The molecule has 1 fully saturated rings. The lowest BCUT2D eigenvalue weighted by atomic mass is 10.0. The molecule has 2 N–H and O–H groups in total. The van der Waals surface area contributed by atoms with Crippen LogP contribution < -0.4 is 5.73 Å². The number of hydrogen-bond donors (Lipinski definition) is 1. The van der Waals surface area contributed by atoms with Crippen LogP contribution in [0, 0.1) is 11.6 Å². The average Bonchev–Trinajstić information content (AvgIpc) is 2.85. The number of amides is 1. The van der Waals surface area contributed by atoms with Crippen LogP contribution in [0.2, 0.25) is 0 Å². The third-order valence-corrected chi connectivity index (χ3v) is 3.90. The van der Waals surface area contributed by atoms with E-state index >= 15 is 0 Å². The molecule has 0 aromatic heterocycles.